The molecule has 0 saturated carbocycles. The molecule has 1 rings (SSSR count). The van der Waals surface area contributed by atoms with Gasteiger partial charge in [0.25, 0.3) is 0 Å². The molecule has 1 unspecified atom stereocenters. The van der Waals surface area contributed by atoms with E-state index in [1.165, 1.54) is 0 Å². The number of carbonyl (C=O) groups is 1. The summed E-state index contributed by atoms with van der Waals surface area (Å²) in [6.45, 7) is 0. The number of nitrogens with one attached hydrogen (secondary N) is 2. The number of rotatable bonds is 0. The summed E-state index contributed by atoms with van der Waals surface area (Å²) in [7, 11) is 0. The van der Waals surface area contributed by atoms with Gasteiger partial charge >= 0.3 is 0 Å². The smallest absolute Gasteiger partial charge is 0.229 e. The van der Waals surface area contributed by atoms with E-state index in [1.807, 2.05) is 0 Å². The van der Waals surface area contributed by atoms with Crippen LogP contribution in [0.4, 0.5) is 0 Å². The average Bonchev–Trinajstić information content (AvgIpc) is 1.59. The van der Waals surface area contributed by atoms with Crippen molar-refractivity contribution in [1.82, 2.24) is 10.6 Å². The predicted octanol–water partition coefficient (Wildman–Crippen LogP) is -1.33. The van der Waals surface area contributed by atoms with Gasteiger partial charge in [-0.1, -0.05) is 0 Å². The van der Waals surface area contributed by atoms with Crippen molar-refractivity contribution >= 4 is 23.2 Å². The quantitative estimate of drug-likeness (QED) is 0.369. The van der Waals surface area contributed by atoms with Crippen molar-refractivity contribution < 1.29 is 4.79 Å². The highest BCUT2D eigenvalue weighted by Gasteiger charge is 2.16. The molecule has 1 heterocycles. The van der Waals surface area contributed by atoms with Gasteiger partial charge in [0.2, 0.25) is 5.91 Å². The van der Waals surface area contributed by atoms with Crippen LogP contribution < -0.4 is 16.4 Å². The minimum atomic E-state index is -0.314. The Labute approximate surface area is 57.8 Å². The molecule has 4 nitrogen and oxygen atoms in total. The molecule has 0 aromatic carbocycles. The monoisotopic (exact) mass is 145 g/mol. The molecule has 5 heteroatoms. The van der Waals surface area contributed by atoms with E-state index in [4.69, 9.17) is 5.73 Å². The standard InChI is InChI=1S/C4H7N3OS/c5-2-1-3(8)7-4(9)6-2/h2H,1,5H2,(H2,6,7,8,9). The highest BCUT2D eigenvalue weighted by atomic mass is 32.1. The first kappa shape index (κ1) is 6.44. The molecule has 9 heavy (non-hydrogen) atoms. The van der Waals surface area contributed by atoms with E-state index >= 15 is 0 Å². The third-order valence-electron chi connectivity index (χ3n) is 0.975. The van der Waals surface area contributed by atoms with Crippen LogP contribution >= 0.6 is 12.2 Å². The molecule has 1 amide bonds. The van der Waals surface area contributed by atoms with Crippen molar-refractivity contribution in [2.24, 2.45) is 5.73 Å². The Balaban J connectivity index is 2.53. The van der Waals surface area contributed by atoms with Crippen LogP contribution in [-0.4, -0.2) is 17.2 Å². The minimum Gasteiger partial charge on any atom is -0.347 e. The number of nitrogens with two attached hydrogens (primary N) is 1. The van der Waals surface area contributed by atoms with Crippen LogP contribution in [0, 0.1) is 0 Å². The number of hydrogen-bond donors (Lipinski definition) is 3. The molecule has 0 spiro atoms. The zero-order valence-corrected chi connectivity index (χ0v) is 5.49. The SMILES string of the molecule is NC1CC(=O)NC(=S)N1. The van der Waals surface area contributed by atoms with Gasteiger partial charge in [-0.3, -0.25) is 4.79 Å². The zero-order valence-electron chi connectivity index (χ0n) is 4.68. The van der Waals surface area contributed by atoms with Gasteiger partial charge in [-0.25, -0.2) is 0 Å². The lowest BCUT2D eigenvalue weighted by Crippen LogP contribution is -2.55. The highest BCUT2D eigenvalue weighted by molar-refractivity contribution is 7.80. The van der Waals surface area contributed by atoms with Gasteiger partial charge in [0.15, 0.2) is 5.11 Å². The predicted molar refractivity (Wildman–Crippen MR) is 36.5 cm³/mol. The maximum Gasteiger partial charge on any atom is 0.229 e. The zero-order chi connectivity index (χ0) is 6.85. The topological polar surface area (TPSA) is 67.2 Å². The Bertz CT molecular complexity index is 142. The molecule has 4 N–H and O–H groups in total. The Morgan fingerprint density at radius 3 is 2.89 bits per heavy atom. The largest absolute Gasteiger partial charge is 0.347 e. The molecule has 50 valence electrons. The fourth-order valence-corrected chi connectivity index (χ4v) is 0.898. The maximum atomic E-state index is 10.6. The van der Waals surface area contributed by atoms with Crippen LogP contribution in [0.2, 0.25) is 0 Å². The van der Waals surface area contributed by atoms with Crippen LogP contribution in [0.15, 0.2) is 0 Å². The lowest BCUT2D eigenvalue weighted by atomic mass is 10.3. The van der Waals surface area contributed by atoms with E-state index in [1.54, 1.807) is 0 Å². The van der Waals surface area contributed by atoms with Gasteiger partial charge in [0.05, 0.1) is 12.6 Å². The van der Waals surface area contributed by atoms with Crippen LogP contribution in [0.25, 0.3) is 0 Å². The van der Waals surface area contributed by atoms with Gasteiger partial charge in [-0.15, -0.1) is 0 Å². The first-order valence-corrected chi connectivity index (χ1v) is 2.95. The third kappa shape index (κ3) is 1.62. The van der Waals surface area contributed by atoms with Crippen LogP contribution in [-0.2, 0) is 4.79 Å². The van der Waals surface area contributed by atoms with Crippen molar-refractivity contribution in [2.75, 3.05) is 0 Å². The van der Waals surface area contributed by atoms with Crippen LogP contribution in [0.3, 0.4) is 0 Å². The van der Waals surface area contributed by atoms with Crippen molar-refractivity contribution in [3.8, 4) is 0 Å². The summed E-state index contributed by atoms with van der Waals surface area (Å²) in [5.41, 5.74) is 5.36. The molecule has 0 aromatic rings. The minimum absolute atomic E-state index is 0.119. The Hall–Kier alpha value is -0.680. The van der Waals surface area contributed by atoms with Crippen LogP contribution in [0.1, 0.15) is 6.42 Å². The lowest BCUT2D eigenvalue weighted by Gasteiger charge is -2.20. The average molecular weight is 145 g/mol. The fourth-order valence-electron chi connectivity index (χ4n) is 0.633. The molecule has 0 bridgehead atoms. The fraction of sp³-hybridized carbons (Fsp3) is 0.500. The number of thiocarbonyl (C=S) groups is 1. The molecule has 0 aromatic heterocycles. The normalized spacial score (nSPS) is 27.0. The van der Waals surface area contributed by atoms with Crippen molar-refractivity contribution in [3.63, 3.8) is 0 Å². The van der Waals surface area contributed by atoms with Gasteiger partial charge in [-0.2, -0.15) is 0 Å². The molecule has 1 atom stereocenters. The highest BCUT2D eigenvalue weighted by Crippen LogP contribution is 1.89. The molecule has 1 aliphatic heterocycles. The third-order valence-corrected chi connectivity index (χ3v) is 1.19. The summed E-state index contributed by atoms with van der Waals surface area (Å²) in [4.78, 5) is 10.6. The molecule has 1 aliphatic rings. The first-order chi connectivity index (χ1) is 4.18. The maximum absolute atomic E-state index is 10.6. The summed E-state index contributed by atoms with van der Waals surface area (Å²) in [5, 5.41) is 5.42. The Kier molecular flexibility index (Phi) is 1.63. The van der Waals surface area contributed by atoms with E-state index in [2.05, 4.69) is 22.9 Å². The summed E-state index contributed by atoms with van der Waals surface area (Å²) in [6, 6.07) is 0. The van der Waals surface area contributed by atoms with Crippen molar-refractivity contribution in [3.05, 3.63) is 0 Å². The van der Waals surface area contributed by atoms with Crippen molar-refractivity contribution in [2.45, 2.75) is 12.6 Å². The Morgan fingerprint density at radius 1 is 1.78 bits per heavy atom. The van der Waals surface area contributed by atoms with E-state index in [0.29, 0.717) is 11.5 Å². The summed E-state index contributed by atoms with van der Waals surface area (Å²) >= 11 is 4.64. The molecule has 0 aliphatic carbocycles. The van der Waals surface area contributed by atoms with E-state index in [9.17, 15) is 4.79 Å². The number of hydrogen-bond acceptors (Lipinski definition) is 3. The van der Waals surface area contributed by atoms with Gasteiger partial charge in [-0.05, 0) is 12.2 Å². The lowest BCUT2D eigenvalue weighted by molar-refractivity contribution is -0.120. The first-order valence-electron chi connectivity index (χ1n) is 2.54. The molecule has 1 fully saturated rings. The van der Waals surface area contributed by atoms with E-state index < -0.39 is 0 Å². The summed E-state index contributed by atoms with van der Waals surface area (Å²) in [6.07, 6.45) is -0.0219. The number of carbonyl (C=O) groups excluding carboxylic acids is 1. The van der Waals surface area contributed by atoms with Gasteiger partial charge in [0.1, 0.15) is 0 Å². The molecule has 0 radical (unpaired) electrons. The van der Waals surface area contributed by atoms with Crippen LogP contribution in [0.5, 0.6) is 0 Å². The Morgan fingerprint density at radius 2 is 2.44 bits per heavy atom. The van der Waals surface area contributed by atoms with Gasteiger partial charge < -0.3 is 16.4 Å². The summed E-state index contributed by atoms with van der Waals surface area (Å²) < 4.78 is 0. The van der Waals surface area contributed by atoms with E-state index in [0.717, 1.165) is 0 Å². The van der Waals surface area contributed by atoms with E-state index in [-0.39, 0.29) is 12.1 Å². The second-order valence-corrected chi connectivity index (χ2v) is 2.24. The second-order valence-electron chi connectivity index (χ2n) is 1.83. The number of amides is 1. The molecular formula is C4H7N3OS. The second kappa shape index (κ2) is 2.28. The van der Waals surface area contributed by atoms with Gasteiger partial charge in [0, 0.05) is 0 Å². The van der Waals surface area contributed by atoms with Crippen molar-refractivity contribution in [1.29, 1.82) is 0 Å². The molecule has 1 saturated heterocycles. The summed E-state index contributed by atoms with van der Waals surface area (Å²) in [5.74, 6) is -0.119. The molecular weight excluding hydrogens is 138 g/mol.